The van der Waals surface area contributed by atoms with E-state index in [0.717, 1.165) is 36.5 Å². The van der Waals surface area contributed by atoms with Gasteiger partial charge in [0.15, 0.2) is 0 Å². The van der Waals surface area contributed by atoms with Gasteiger partial charge in [-0.05, 0) is 43.5 Å². The van der Waals surface area contributed by atoms with E-state index in [-0.39, 0.29) is 17.8 Å². The first-order chi connectivity index (χ1) is 13.5. The van der Waals surface area contributed by atoms with E-state index in [2.05, 4.69) is 16.8 Å². The lowest BCUT2D eigenvalue weighted by molar-refractivity contribution is -0.117. The minimum absolute atomic E-state index is 0.0975. The topological polar surface area (TPSA) is 51.7 Å². The first-order valence-electron chi connectivity index (χ1n) is 9.76. The molecule has 1 aromatic heterocycles. The summed E-state index contributed by atoms with van der Waals surface area (Å²) in [5.74, 6) is 1.76. The van der Waals surface area contributed by atoms with E-state index in [4.69, 9.17) is 21.1 Å². The van der Waals surface area contributed by atoms with Gasteiger partial charge in [-0.25, -0.2) is 4.98 Å². The van der Waals surface area contributed by atoms with Gasteiger partial charge in [-0.1, -0.05) is 30.7 Å². The third-order valence-electron chi connectivity index (χ3n) is 4.95. The molecule has 2 heterocycles. The van der Waals surface area contributed by atoms with Gasteiger partial charge in [0.05, 0.1) is 18.8 Å². The smallest absolute Gasteiger partial charge is 0.234 e. The SMILES string of the molecule is CCOc1nccc(N2CC[C@@H](Oc3ccc([C@H](C)CC(C)=O)cc3)C2)c1Cl. The number of anilines is 1. The third-order valence-corrected chi connectivity index (χ3v) is 5.30. The first kappa shape index (κ1) is 20.5. The van der Waals surface area contributed by atoms with Crippen LogP contribution in [0.15, 0.2) is 36.5 Å². The number of hydrogen-bond donors (Lipinski definition) is 0. The molecule has 150 valence electrons. The van der Waals surface area contributed by atoms with Crippen LogP contribution >= 0.6 is 11.6 Å². The molecule has 1 aliphatic rings. The fourth-order valence-electron chi connectivity index (χ4n) is 3.56. The molecule has 1 aliphatic heterocycles. The van der Waals surface area contributed by atoms with E-state index in [1.54, 1.807) is 13.1 Å². The van der Waals surface area contributed by atoms with Gasteiger partial charge in [0.25, 0.3) is 0 Å². The Morgan fingerprint density at radius 3 is 2.75 bits per heavy atom. The minimum Gasteiger partial charge on any atom is -0.489 e. The molecule has 0 radical (unpaired) electrons. The number of pyridine rings is 1. The van der Waals surface area contributed by atoms with Crippen LogP contribution in [0.3, 0.4) is 0 Å². The zero-order valence-electron chi connectivity index (χ0n) is 16.7. The first-order valence-corrected chi connectivity index (χ1v) is 10.1. The van der Waals surface area contributed by atoms with Crippen LogP contribution in [0.5, 0.6) is 11.6 Å². The van der Waals surface area contributed by atoms with E-state index in [0.29, 0.717) is 23.9 Å². The van der Waals surface area contributed by atoms with Crippen LogP contribution < -0.4 is 14.4 Å². The Balaban J connectivity index is 1.61. The Bertz CT molecular complexity index is 810. The Hall–Kier alpha value is -2.27. The number of carbonyl (C=O) groups excluding carboxylic acids is 1. The van der Waals surface area contributed by atoms with E-state index in [9.17, 15) is 4.79 Å². The number of ether oxygens (including phenoxy) is 2. The summed E-state index contributed by atoms with van der Waals surface area (Å²) in [5, 5.41) is 0.550. The average Bonchev–Trinajstić information content (AvgIpc) is 3.12. The second-order valence-electron chi connectivity index (χ2n) is 7.23. The molecule has 3 rings (SSSR count). The van der Waals surface area contributed by atoms with E-state index < -0.39 is 0 Å². The van der Waals surface area contributed by atoms with Crippen LogP contribution in [0.25, 0.3) is 0 Å². The van der Waals surface area contributed by atoms with Crippen molar-refractivity contribution in [2.75, 3.05) is 24.6 Å². The largest absolute Gasteiger partial charge is 0.489 e. The van der Waals surface area contributed by atoms with Crippen molar-refractivity contribution in [3.63, 3.8) is 0 Å². The molecule has 0 bridgehead atoms. The summed E-state index contributed by atoms with van der Waals surface area (Å²) < 4.78 is 11.7. The summed E-state index contributed by atoms with van der Waals surface area (Å²) in [4.78, 5) is 17.7. The van der Waals surface area contributed by atoms with Crippen molar-refractivity contribution < 1.29 is 14.3 Å². The normalized spacial score (nSPS) is 17.4. The second-order valence-corrected chi connectivity index (χ2v) is 7.61. The molecule has 0 unspecified atom stereocenters. The summed E-state index contributed by atoms with van der Waals surface area (Å²) in [6.45, 7) is 7.78. The van der Waals surface area contributed by atoms with Crippen molar-refractivity contribution in [2.24, 2.45) is 0 Å². The Morgan fingerprint density at radius 2 is 2.07 bits per heavy atom. The van der Waals surface area contributed by atoms with E-state index >= 15 is 0 Å². The Kier molecular flexibility index (Phi) is 6.79. The summed E-state index contributed by atoms with van der Waals surface area (Å²) in [5.41, 5.74) is 2.09. The number of carbonyl (C=O) groups is 1. The molecule has 28 heavy (non-hydrogen) atoms. The summed E-state index contributed by atoms with van der Waals surface area (Å²) in [6, 6.07) is 9.98. The van der Waals surface area contributed by atoms with Crippen molar-refractivity contribution in [3.05, 3.63) is 47.1 Å². The number of benzene rings is 1. The lowest BCUT2D eigenvalue weighted by Crippen LogP contribution is -2.24. The molecule has 6 heteroatoms. The molecular formula is C22H27ClN2O3. The molecular weight excluding hydrogens is 376 g/mol. The van der Waals surface area contributed by atoms with Gasteiger partial charge in [-0.15, -0.1) is 0 Å². The summed E-state index contributed by atoms with van der Waals surface area (Å²) in [6.07, 6.45) is 3.31. The maximum Gasteiger partial charge on any atom is 0.234 e. The minimum atomic E-state index is 0.0975. The van der Waals surface area contributed by atoms with Gasteiger partial charge in [-0.2, -0.15) is 0 Å². The summed E-state index contributed by atoms with van der Waals surface area (Å²) in [7, 11) is 0. The quantitative estimate of drug-likeness (QED) is 0.630. The lowest BCUT2D eigenvalue weighted by Gasteiger charge is -2.21. The molecule has 1 aromatic carbocycles. The number of rotatable bonds is 8. The second kappa shape index (κ2) is 9.28. The predicted molar refractivity (Wildman–Crippen MR) is 112 cm³/mol. The molecule has 5 nitrogen and oxygen atoms in total. The lowest BCUT2D eigenvalue weighted by atomic mass is 9.96. The van der Waals surface area contributed by atoms with Crippen LogP contribution in [0.2, 0.25) is 5.02 Å². The Labute approximate surface area is 171 Å². The average molecular weight is 403 g/mol. The van der Waals surface area contributed by atoms with Crippen LogP contribution in [-0.2, 0) is 4.79 Å². The van der Waals surface area contributed by atoms with Gasteiger partial charge in [0.2, 0.25) is 5.88 Å². The van der Waals surface area contributed by atoms with Gasteiger partial charge in [-0.3, -0.25) is 0 Å². The van der Waals surface area contributed by atoms with Crippen LogP contribution in [0.4, 0.5) is 5.69 Å². The molecule has 0 amide bonds. The highest BCUT2D eigenvalue weighted by Crippen LogP contribution is 2.35. The third kappa shape index (κ3) is 4.96. The standard InChI is InChI=1S/C22H27ClN2O3/c1-4-27-22-21(23)20(9-11-24-22)25-12-10-19(14-25)28-18-7-5-17(6-8-18)15(2)13-16(3)26/h5-9,11,15,19H,4,10,12-14H2,1-3H3/t15-,19-/m1/s1. The zero-order valence-corrected chi connectivity index (χ0v) is 17.4. The molecule has 0 saturated carbocycles. The van der Waals surface area contributed by atoms with Crippen molar-refractivity contribution in [1.82, 2.24) is 4.98 Å². The highest BCUT2D eigenvalue weighted by Gasteiger charge is 2.26. The van der Waals surface area contributed by atoms with Crippen LogP contribution in [-0.4, -0.2) is 36.6 Å². The number of halogens is 1. The van der Waals surface area contributed by atoms with E-state index in [1.807, 2.05) is 37.3 Å². The van der Waals surface area contributed by atoms with Crippen molar-refractivity contribution in [2.45, 2.75) is 45.6 Å². The van der Waals surface area contributed by atoms with E-state index in [1.165, 1.54) is 0 Å². The van der Waals surface area contributed by atoms with Gasteiger partial charge < -0.3 is 19.2 Å². The highest BCUT2D eigenvalue weighted by atomic mass is 35.5. The maximum absolute atomic E-state index is 11.3. The van der Waals surface area contributed by atoms with Crippen molar-refractivity contribution in [3.8, 4) is 11.6 Å². The molecule has 0 aliphatic carbocycles. The fourth-order valence-corrected chi connectivity index (χ4v) is 3.84. The number of ketones is 1. The fraction of sp³-hybridized carbons (Fsp3) is 0.455. The number of nitrogens with zero attached hydrogens (tertiary/aromatic N) is 2. The van der Waals surface area contributed by atoms with Crippen LogP contribution in [0.1, 0.15) is 45.1 Å². The maximum atomic E-state index is 11.3. The van der Waals surface area contributed by atoms with Crippen LogP contribution in [0, 0.1) is 0 Å². The monoisotopic (exact) mass is 402 g/mol. The molecule has 1 fully saturated rings. The van der Waals surface area contributed by atoms with Crippen molar-refractivity contribution in [1.29, 1.82) is 0 Å². The molecule has 2 aromatic rings. The van der Waals surface area contributed by atoms with Gasteiger partial charge in [0.1, 0.15) is 22.7 Å². The number of hydrogen-bond acceptors (Lipinski definition) is 5. The predicted octanol–water partition coefficient (Wildman–Crippen LogP) is 4.87. The molecule has 1 saturated heterocycles. The molecule has 0 spiro atoms. The molecule has 2 atom stereocenters. The number of Topliss-reactive ketones (excluding diaryl/α,β-unsaturated/α-hetero) is 1. The van der Waals surface area contributed by atoms with Gasteiger partial charge in [0, 0.05) is 25.6 Å². The molecule has 0 N–H and O–H groups in total. The Morgan fingerprint density at radius 1 is 1.32 bits per heavy atom. The number of aromatic nitrogens is 1. The summed E-state index contributed by atoms with van der Waals surface area (Å²) >= 11 is 6.46. The van der Waals surface area contributed by atoms with Gasteiger partial charge >= 0.3 is 0 Å². The van der Waals surface area contributed by atoms with Crippen molar-refractivity contribution >= 4 is 23.1 Å². The highest BCUT2D eigenvalue weighted by molar-refractivity contribution is 6.34. The zero-order chi connectivity index (χ0) is 20.1.